The van der Waals surface area contributed by atoms with E-state index in [9.17, 15) is 8.42 Å². The highest BCUT2D eigenvalue weighted by Gasteiger charge is 2.21. The van der Waals surface area contributed by atoms with Crippen LogP contribution in [0.15, 0.2) is 76.9 Å². The summed E-state index contributed by atoms with van der Waals surface area (Å²) in [6.45, 7) is 1.90. The van der Waals surface area contributed by atoms with E-state index in [-0.39, 0.29) is 9.92 Å². The van der Waals surface area contributed by atoms with E-state index in [1.807, 2.05) is 37.3 Å². The minimum Gasteiger partial charge on any atom is -0.232 e. The summed E-state index contributed by atoms with van der Waals surface area (Å²) in [6.07, 6.45) is 2.79. The van der Waals surface area contributed by atoms with Crippen LogP contribution in [0.25, 0.3) is 16.9 Å². The van der Waals surface area contributed by atoms with E-state index >= 15 is 0 Å². The van der Waals surface area contributed by atoms with Crippen molar-refractivity contribution in [1.82, 2.24) is 19.7 Å². The Morgan fingerprint density at radius 2 is 1.64 bits per heavy atom. The quantitative estimate of drug-likeness (QED) is 0.568. The van der Waals surface area contributed by atoms with Crippen molar-refractivity contribution in [2.45, 2.75) is 16.8 Å². The van der Waals surface area contributed by atoms with Crippen molar-refractivity contribution in [3.05, 3.63) is 72.6 Å². The highest BCUT2D eigenvalue weighted by atomic mass is 32.2. The van der Waals surface area contributed by atoms with E-state index in [2.05, 4.69) is 15.1 Å². The molecule has 2 aromatic carbocycles. The smallest absolute Gasteiger partial charge is 0.225 e. The number of para-hydroxylation sites is 1. The molecule has 0 atom stereocenters. The van der Waals surface area contributed by atoms with Gasteiger partial charge < -0.3 is 0 Å². The van der Waals surface area contributed by atoms with Gasteiger partial charge in [-0.3, -0.25) is 0 Å². The van der Waals surface area contributed by atoms with Crippen molar-refractivity contribution in [2.75, 3.05) is 0 Å². The molecular formula is C18H14N4O2S. The Morgan fingerprint density at radius 3 is 2.36 bits per heavy atom. The molecule has 124 valence electrons. The number of nitrogens with zero attached hydrogens (tertiary/aromatic N) is 4. The second-order valence-electron chi connectivity index (χ2n) is 5.63. The van der Waals surface area contributed by atoms with Crippen LogP contribution in [0.5, 0.6) is 0 Å². The summed E-state index contributed by atoms with van der Waals surface area (Å²) in [5.74, 6) is 0. The third-order valence-corrected chi connectivity index (χ3v) is 5.50. The first kappa shape index (κ1) is 15.5. The molecule has 4 aromatic rings. The molecule has 7 heteroatoms. The maximum absolute atomic E-state index is 12.7. The van der Waals surface area contributed by atoms with Crippen LogP contribution in [0.1, 0.15) is 5.56 Å². The molecule has 6 nitrogen and oxygen atoms in total. The Hall–Kier alpha value is -3.06. The van der Waals surface area contributed by atoms with Gasteiger partial charge in [0.2, 0.25) is 9.84 Å². The molecule has 4 rings (SSSR count). The normalized spacial score (nSPS) is 11.7. The fraction of sp³-hybridized carbons (Fsp3) is 0.0556. The monoisotopic (exact) mass is 350 g/mol. The largest absolute Gasteiger partial charge is 0.232 e. The van der Waals surface area contributed by atoms with Gasteiger partial charge in [0.1, 0.15) is 5.52 Å². The Kier molecular flexibility index (Phi) is 3.58. The molecule has 0 aliphatic carbocycles. The lowest BCUT2D eigenvalue weighted by atomic mass is 10.2. The Bertz CT molecular complexity index is 1150. The standard InChI is InChI=1S/C18H14N4O2S/c1-13-7-9-15(10-8-13)25(23,24)17-12-19-18-16(21-17)11-20-22(18)14-5-3-2-4-6-14/h2-12H,1H3. The second-order valence-corrected chi connectivity index (χ2v) is 7.52. The zero-order valence-electron chi connectivity index (χ0n) is 13.4. The molecule has 0 saturated carbocycles. The van der Waals surface area contributed by atoms with Crippen LogP contribution in [-0.4, -0.2) is 28.2 Å². The van der Waals surface area contributed by atoms with Crippen molar-refractivity contribution >= 4 is 21.0 Å². The van der Waals surface area contributed by atoms with Gasteiger partial charge in [-0.1, -0.05) is 35.9 Å². The second kappa shape index (κ2) is 5.78. The Balaban J connectivity index is 1.81. The van der Waals surface area contributed by atoms with Gasteiger partial charge in [-0.15, -0.1) is 0 Å². The third-order valence-electron chi connectivity index (χ3n) is 3.86. The Morgan fingerprint density at radius 1 is 0.920 bits per heavy atom. The van der Waals surface area contributed by atoms with Crippen molar-refractivity contribution in [3.63, 3.8) is 0 Å². The summed E-state index contributed by atoms with van der Waals surface area (Å²) in [4.78, 5) is 8.74. The number of hydrogen-bond acceptors (Lipinski definition) is 5. The molecule has 2 aromatic heterocycles. The molecule has 0 bridgehead atoms. The number of fused-ring (bicyclic) bond motifs is 1. The molecule has 25 heavy (non-hydrogen) atoms. The lowest BCUT2D eigenvalue weighted by molar-refractivity contribution is 0.592. The lowest BCUT2D eigenvalue weighted by Crippen LogP contribution is -2.06. The van der Waals surface area contributed by atoms with E-state index in [1.54, 1.807) is 28.9 Å². The lowest BCUT2D eigenvalue weighted by Gasteiger charge is -2.05. The molecule has 0 spiro atoms. The summed E-state index contributed by atoms with van der Waals surface area (Å²) in [5.41, 5.74) is 2.76. The van der Waals surface area contributed by atoms with E-state index in [0.29, 0.717) is 11.2 Å². The molecule has 0 unspecified atom stereocenters. The van der Waals surface area contributed by atoms with E-state index in [4.69, 9.17) is 0 Å². The van der Waals surface area contributed by atoms with Crippen molar-refractivity contribution < 1.29 is 8.42 Å². The number of benzene rings is 2. The average Bonchev–Trinajstić information content (AvgIpc) is 3.06. The number of rotatable bonds is 3. The van der Waals surface area contributed by atoms with Gasteiger partial charge in [0, 0.05) is 0 Å². The number of hydrogen-bond donors (Lipinski definition) is 0. The molecule has 2 heterocycles. The zero-order valence-corrected chi connectivity index (χ0v) is 14.2. The van der Waals surface area contributed by atoms with Crippen LogP contribution in [0, 0.1) is 6.92 Å². The summed E-state index contributed by atoms with van der Waals surface area (Å²) in [5, 5.41) is 4.18. The first-order valence-electron chi connectivity index (χ1n) is 7.64. The Labute approximate surface area is 144 Å². The molecular weight excluding hydrogens is 336 g/mol. The van der Waals surface area contributed by atoms with Gasteiger partial charge in [0.15, 0.2) is 10.7 Å². The predicted molar refractivity (Wildman–Crippen MR) is 93.3 cm³/mol. The average molecular weight is 350 g/mol. The van der Waals surface area contributed by atoms with Crippen molar-refractivity contribution in [2.24, 2.45) is 0 Å². The van der Waals surface area contributed by atoms with Gasteiger partial charge in [0.25, 0.3) is 0 Å². The number of aryl methyl sites for hydroxylation is 1. The summed E-state index contributed by atoms with van der Waals surface area (Å²) >= 11 is 0. The predicted octanol–water partition coefficient (Wildman–Crippen LogP) is 2.96. The van der Waals surface area contributed by atoms with Gasteiger partial charge in [0.05, 0.1) is 23.0 Å². The van der Waals surface area contributed by atoms with Crippen LogP contribution < -0.4 is 0 Å². The van der Waals surface area contributed by atoms with Crippen LogP contribution in [0.4, 0.5) is 0 Å². The maximum Gasteiger partial charge on any atom is 0.225 e. The molecule has 0 aliphatic rings. The fourth-order valence-corrected chi connectivity index (χ4v) is 3.67. The molecule has 0 fully saturated rings. The number of sulfone groups is 1. The summed E-state index contributed by atoms with van der Waals surface area (Å²) in [7, 11) is -3.71. The molecule has 0 N–H and O–H groups in total. The highest BCUT2D eigenvalue weighted by molar-refractivity contribution is 7.91. The van der Waals surface area contributed by atoms with Gasteiger partial charge in [-0.25, -0.2) is 23.1 Å². The van der Waals surface area contributed by atoms with E-state index in [1.165, 1.54) is 12.4 Å². The molecule has 0 amide bonds. The fourth-order valence-electron chi connectivity index (χ4n) is 2.52. The summed E-state index contributed by atoms with van der Waals surface area (Å²) in [6, 6.07) is 16.1. The third kappa shape index (κ3) is 2.68. The summed E-state index contributed by atoms with van der Waals surface area (Å²) < 4.78 is 27.1. The van der Waals surface area contributed by atoms with Crippen LogP contribution >= 0.6 is 0 Å². The van der Waals surface area contributed by atoms with Crippen molar-refractivity contribution in [1.29, 1.82) is 0 Å². The van der Waals surface area contributed by atoms with Crippen LogP contribution in [-0.2, 0) is 9.84 Å². The highest BCUT2D eigenvalue weighted by Crippen LogP contribution is 2.22. The minimum atomic E-state index is -3.71. The molecule has 0 saturated heterocycles. The molecule has 0 aliphatic heterocycles. The first-order valence-corrected chi connectivity index (χ1v) is 9.12. The maximum atomic E-state index is 12.7. The van der Waals surface area contributed by atoms with E-state index in [0.717, 1.165) is 11.3 Å². The topological polar surface area (TPSA) is 77.7 Å². The van der Waals surface area contributed by atoms with Crippen LogP contribution in [0.3, 0.4) is 0 Å². The SMILES string of the molecule is Cc1ccc(S(=O)(=O)c2cnc3c(cnn3-c3ccccc3)n2)cc1. The van der Waals surface area contributed by atoms with Crippen molar-refractivity contribution in [3.8, 4) is 5.69 Å². The molecule has 0 radical (unpaired) electrons. The minimum absolute atomic E-state index is 0.0866. The van der Waals surface area contributed by atoms with E-state index < -0.39 is 9.84 Å². The first-order chi connectivity index (χ1) is 12.1. The number of aromatic nitrogens is 4. The van der Waals surface area contributed by atoms with Gasteiger partial charge >= 0.3 is 0 Å². The van der Waals surface area contributed by atoms with Gasteiger partial charge in [-0.05, 0) is 31.2 Å². The van der Waals surface area contributed by atoms with Crippen LogP contribution in [0.2, 0.25) is 0 Å². The van der Waals surface area contributed by atoms with Gasteiger partial charge in [-0.2, -0.15) is 5.10 Å². The zero-order chi connectivity index (χ0) is 17.4.